The van der Waals surface area contributed by atoms with Crippen molar-refractivity contribution in [3.05, 3.63) is 41.5 Å². The molecule has 0 radical (unpaired) electrons. The number of carbonyl (C=O) groups excluding carboxylic acids is 1. The van der Waals surface area contributed by atoms with Crippen molar-refractivity contribution < 1.29 is 39.4 Å². The van der Waals surface area contributed by atoms with Gasteiger partial charge in [0.2, 0.25) is 0 Å². The number of phenols is 4. The summed E-state index contributed by atoms with van der Waals surface area (Å²) >= 11 is 0. The third kappa shape index (κ3) is 4.77. The zero-order valence-corrected chi connectivity index (χ0v) is 16.0. The normalized spacial score (nSPS) is 17.8. The molecule has 0 aliphatic carbocycles. The molecule has 0 spiro atoms. The average molecular weight is 404 g/mol. The van der Waals surface area contributed by atoms with Crippen LogP contribution in [0.4, 0.5) is 4.79 Å². The van der Waals surface area contributed by atoms with Gasteiger partial charge < -0.3 is 34.6 Å². The molecule has 0 aromatic heterocycles. The van der Waals surface area contributed by atoms with Crippen LogP contribution in [-0.4, -0.2) is 39.3 Å². The molecule has 8 nitrogen and oxygen atoms in total. The lowest BCUT2D eigenvalue weighted by molar-refractivity contribution is -0.0327. The van der Waals surface area contributed by atoms with Gasteiger partial charge in [0, 0.05) is 29.7 Å². The van der Waals surface area contributed by atoms with Crippen molar-refractivity contribution >= 4 is 6.16 Å². The molecule has 1 aliphatic heterocycles. The highest BCUT2D eigenvalue weighted by Crippen LogP contribution is 2.43. The molecule has 29 heavy (non-hydrogen) atoms. The van der Waals surface area contributed by atoms with Gasteiger partial charge in [-0.25, -0.2) is 4.79 Å². The molecule has 3 rings (SSSR count). The van der Waals surface area contributed by atoms with Gasteiger partial charge in [0.1, 0.15) is 17.2 Å². The maximum Gasteiger partial charge on any atom is 0.508 e. The zero-order valence-electron chi connectivity index (χ0n) is 16.0. The van der Waals surface area contributed by atoms with Gasteiger partial charge in [0.15, 0.2) is 23.7 Å². The summed E-state index contributed by atoms with van der Waals surface area (Å²) in [5, 5.41) is 39.3. The third-order valence-electron chi connectivity index (χ3n) is 4.71. The smallest absolute Gasteiger partial charge is 0.508 e. The fourth-order valence-corrected chi connectivity index (χ4v) is 3.22. The van der Waals surface area contributed by atoms with Crippen molar-refractivity contribution in [1.82, 2.24) is 0 Å². The molecule has 2 aromatic rings. The van der Waals surface area contributed by atoms with Gasteiger partial charge in [-0.2, -0.15) is 0 Å². The van der Waals surface area contributed by atoms with Crippen molar-refractivity contribution in [2.24, 2.45) is 0 Å². The van der Waals surface area contributed by atoms with Crippen LogP contribution in [0.2, 0.25) is 0 Å². The van der Waals surface area contributed by atoms with Crippen LogP contribution >= 0.6 is 0 Å². The van der Waals surface area contributed by atoms with Crippen LogP contribution < -0.4 is 4.74 Å². The van der Waals surface area contributed by atoms with Crippen LogP contribution in [0.15, 0.2) is 30.3 Å². The lowest BCUT2D eigenvalue weighted by Crippen LogP contribution is -2.35. The second kappa shape index (κ2) is 8.81. The molecule has 8 heteroatoms. The van der Waals surface area contributed by atoms with Gasteiger partial charge in [0.25, 0.3) is 0 Å². The lowest BCUT2D eigenvalue weighted by Gasteiger charge is -2.33. The molecule has 4 N–H and O–H groups in total. The summed E-state index contributed by atoms with van der Waals surface area (Å²) in [7, 11) is 0. The number of unbranched alkanes of at least 4 members (excludes halogenated alkanes) is 2. The van der Waals surface area contributed by atoms with Gasteiger partial charge in [-0.15, -0.1) is 0 Å². The molecule has 1 heterocycles. The van der Waals surface area contributed by atoms with Crippen LogP contribution in [0.25, 0.3) is 0 Å². The fraction of sp³-hybridized carbons (Fsp3) is 0.381. The molecule has 0 amide bonds. The topological polar surface area (TPSA) is 126 Å². The van der Waals surface area contributed by atoms with Crippen molar-refractivity contribution in [1.29, 1.82) is 0 Å². The predicted molar refractivity (Wildman–Crippen MR) is 102 cm³/mol. The van der Waals surface area contributed by atoms with E-state index in [1.54, 1.807) is 0 Å². The standard InChI is InChI=1S/C21H24O8/c1-2-3-4-7-27-21(26)29-19-11-14-16(24)9-13(22)10-18(14)28-20(19)12-5-6-15(23)17(25)8-12/h5-6,8-10,19-20,22-25H,2-4,7,11H2,1H3/t19-,20-/m1/s1. The van der Waals surface area contributed by atoms with E-state index in [1.165, 1.54) is 30.3 Å². The zero-order chi connectivity index (χ0) is 21.0. The summed E-state index contributed by atoms with van der Waals surface area (Å²) in [6.45, 7) is 2.28. The van der Waals surface area contributed by atoms with Crippen LogP contribution in [0.1, 0.15) is 43.4 Å². The van der Waals surface area contributed by atoms with E-state index in [0.29, 0.717) is 11.1 Å². The summed E-state index contributed by atoms with van der Waals surface area (Å²) in [6, 6.07) is 6.65. The summed E-state index contributed by atoms with van der Waals surface area (Å²) in [4.78, 5) is 12.1. The van der Waals surface area contributed by atoms with E-state index in [9.17, 15) is 25.2 Å². The average Bonchev–Trinajstić information content (AvgIpc) is 2.67. The van der Waals surface area contributed by atoms with E-state index in [2.05, 4.69) is 0 Å². The second-order valence-electron chi connectivity index (χ2n) is 6.89. The first-order chi connectivity index (χ1) is 13.9. The van der Waals surface area contributed by atoms with Crippen molar-refractivity contribution in [2.75, 3.05) is 6.61 Å². The molecular weight excluding hydrogens is 380 g/mol. The Balaban J connectivity index is 1.85. The van der Waals surface area contributed by atoms with E-state index < -0.39 is 18.4 Å². The number of hydrogen-bond acceptors (Lipinski definition) is 8. The minimum absolute atomic E-state index is 0.109. The number of aromatic hydroxyl groups is 4. The Hall–Kier alpha value is -3.29. The van der Waals surface area contributed by atoms with E-state index in [1.807, 2.05) is 6.92 Å². The van der Waals surface area contributed by atoms with Crippen molar-refractivity contribution in [2.45, 2.75) is 44.8 Å². The Morgan fingerprint density at radius 1 is 1.07 bits per heavy atom. The number of phenolic OH excluding ortho intramolecular Hbond substituents is 4. The Bertz CT molecular complexity index is 879. The minimum atomic E-state index is -0.861. The molecule has 0 saturated heterocycles. The van der Waals surface area contributed by atoms with Gasteiger partial charge >= 0.3 is 6.16 Å². The first kappa shape index (κ1) is 20.4. The maximum atomic E-state index is 12.1. The van der Waals surface area contributed by atoms with Gasteiger partial charge in [-0.05, 0) is 18.6 Å². The Morgan fingerprint density at radius 2 is 1.86 bits per heavy atom. The predicted octanol–water partition coefficient (Wildman–Crippen LogP) is 3.90. The van der Waals surface area contributed by atoms with Crippen molar-refractivity contribution in [3.8, 4) is 28.7 Å². The maximum absolute atomic E-state index is 12.1. The number of ether oxygens (including phenoxy) is 3. The second-order valence-corrected chi connectivity index (χ2v) is 6.89. The molecule has 2 aromatic carbocycles. The molecule has 0 unspecified atom stereocenters. The van der Waals surface area contributed by atoms with Crippen LogP contribution in [0.3, 0.4) is 0 Å². The summed E-state index contributed by atoms with van der Waals surface area (Å²) < 4.78 is 16.4. The Kier molecular flexibility index (Phi) is 6.21. The van der Waals surface area contributed by atoms with E-state index in [-0.39, 0.29) is 41.8 Å². The van der Waals surface area contributed by atoms with Crippen molar-refractivity contribution in [3.63, 3.8) is 0 Å². The lowest BCUT2D eigenvalue weighted by atomic mass is 9.93. The third-order valence-corrected chi connectivity index (χ3v) is 4.71. The Labute approximate surface area is 167 Å². The molecule has 0 fully saturated rings. The highest BCUT2D eigenvalue weighted by molar-refractivity contribution is 5.61. The quantitative estimate of drug-likeness (QED) is 0.324. The summed E-state index contributed by atoms with van der Waals surface area (Å²) in [5.74, 6) is -0.777. The summed E-state index contributed by atoms with van der Waals surface area (Å²) in [6.07, 6.45) is 0.191. The van der Waals surface area contributed by atoms with Crippen LogP contribution in [-0.2, 0) is 15.9 Å². The monoisotopic (exact) mass is 404 g/mol. The molecule has 0 bridgehead atoms. The number of rotatable bonds is 6. The first-order valence-electron chi connectivity index (χ1n) is 9.45. The fourth-order valence-electron chi connectivity index (χ4n) is 3.22. The molecule has 0 saturated carbocycles. The van der Waals surface area contributed by atoms with E-state index in [4.69, 9.17) is 14.2 Å². The number of benzene rings is 2. The molecule has 2 atom stereocenters. The SMILES string of the molecule is CCCCCOC(=O)O[C@@H]1Cc2c(O)cc(O)cc2O[C@@H]1c1ccc(O)c(O)c1. The number of fused-ring (bicyclic) bond motifs is 1. The molecule has 1 aliphatic rings. The summed E-state index contributed by atoms with van der Waals surface area (Å²) in [5.41, 5.74) is 0.823. The largest absolute Gasteiger partial charge is 0.508 e. The number of hydrogen-bond donors (Lipinski definition) is 4. The number of carbonyl (C=O) groups is 1. The molecule has 156 valence electrons. The Morgan fingerprint density at radius 3 is 2.59 bits per heavy atom. The highest BCUT2D eigenvalue weighted by Gasteiger charge is 2.37. The van der Waals surface area contributed by atoms with Gasteiger partial charge in [-0.3, -0.25) is 0 Å². The van der Waals surface area contributed by atoms with E-state index >= 15 is 0 Å². The first-order valence-corrected chi connectivity index (χ1v) is 9.45. The highest BCUT2D eigenvalue weighted by atomic mass is 16.7. The van der Waals surface area contributed by atoms with Crippen LogP contribution in [0.5, 0.6) is 28.7 Å². The van der Waals surface area contributed by atoms with Gasteiger partial charge in [0.05, 0.1) is 6.61 Å². The van der Waals surface area contributed by atoms with Gasteiger partial charge in [-0.1, -0.05) is 25.8 Å². The molecular formula is C21H24O8. The minimum Gasteiger partial charge on any atom is -0.508 e. The van der Waals surface area contributed by atoms with E-state index in [0.717, 1.165) is 19.3 Å². The van der Waals surface area contributed by atoms with Crippen LogP contribution in [0, 0.1) is 0 Å².